The molecule has 0 spiro atoms. The molecule has 0 radical (unpaired) electrons. The van der Waals surface area contributed by atoms with Crippen molar-refractivity contribution in [1.82, 2.24) is 0 Å². The predicted molar refractivity (Wildman–Crippen MR) is 84.6 cm³/mol. The van der Waals surface area contributed by atoms with Gasteiger partial charge in [0, 0.05) is 11.7 Å². The van der Waals surface area contributed by atoms with Gasteiger partial charge in [0.1, 0.15) is 11.1 Å². The molecule has 1 atom stereocenters. The first-order chi connectivity index (χ1) is 10.2. The molecule has 5 heteroatoms. The number of amides is 1. The molecule has 1 aromatic carbocycles. The molecule has 106 valence electrons. The first kappa shape index (κ1) is 13.7. The lowest BCUT2D eigenvalue weighted by atomic mass is 10.1. The lowest BCUT2D eigenvalue weighted by Crippen LogP contribution is -2.37. The molecule has 3 rings (SSSR count). The normalized spacial score (nSPS) is 16.4. The van der Waals surface area contributed by atoms with Crippen LogP contribution in [-0.4, -0.2) is 18.5 Å². The third-order valence-corrected chi connectivity index (χ3v) is 4.53. The van der Waals surface area contributed by atoms with Crippen LogP contribution in [0.25, 0.3) is 0 Å². The zero-order valence-corrected chi connectivity index (χ0v) is 12.5. The molecule has 1 N–H and O–H groups in total. The summed E-state index contributed by atoms with van der Waals surface area (Å²) in [6, 6.07) is 12.3. The summed E-state index contributed by atoms with van der Waals surface area (Å²) in [5, 5.41) is 14.2. The largest absolute Gasteiger partial charge is 0.359 e. The highest BCUT2D eigenvalue weighted by molar-refractivity contribution is 7.14. The van der Waals surface area contributed by atoms with Crippen LogP contribution in [0.4, 0.5) is 10.7 Å². The molecule has 1 amide bonds. The van der Waals surface area contributed by atoms with Gasteiger partial charge in [-0.05, 0) is 36.4 Å². The summed E-state index contributed by atoms with van der Waals surface area (Å²) in [5.74, 6) is -0.0856. The molecule has 4 nitrogen and oxygen atoms in total. The number of nitriles is 1. The zero-order valence-electron chi connectivity index (χ0n) is 11.7. The number of hydrogen-bond acceptors (Lipinski definition) is 4. The molecule has 0 saturated heterocycles. The minimum Gasteiger partial charge on any atom is -0.359 e. The summed E-state index contributed by atoms with van der Waals surface area (Å²) in [5.41, 5.74) is 2.93. The van der Waals surface area contributed by atoms with Crippen molar-refractivity contribution in [3.05, 3.63) is 46.8 Å². The SMILES string of the molecule is C[C@@H]1Cc2ccccc2N1CC(=O)Nc1sccc1C#N. The minimum atomic E-state index is -0.0856. The van der Waals surface area contributed by atoms with E-state index in [1.807, 2.05) is 17.5 Å². The van der Waals surface area contributed by atoms with Crippen molar-refractivity contribution < 1.29 is 4.79 Å². The summed E-state index contributed by atoms with van der Waals surface area (Å²) < 4.78 is 0. The van der Waals surface area contributed by atoms with Gasteiger partial charge in [-0.2, -0.15) is 5.26 Å². The van der Waals surface area contributed by atoms with Gasteiger partial charge in [0.05, 0.1) is 12.1 Å². The number of carbonyl (C=O) groups is 1. The smallest absolute Gasteiger partial charge is 0.244 e. The summed E-state index contributed by atoms with van der Waals surface area (Å²) >= 11 is 1.37. The fourth-order valence-electron chi connectivity index (χ4n) is 2.69. The minimum absolute atomic E-state index is 0.0856. The third-order valence-electron chi connectivity index (χ3n) is 3.70. The molecule has 1 aliphatic rings. The van der Waals surface area contributed by atoms with Crippen molar-refractivity contribution in [2.45, 2.75) is 19.4 Å². The molecule has 21 heavy (non-hydrogen) atoms. The average molecular weight is 297 g/mol. The van der Waals surface area contributed by atoms with Crippen LogP contribution in [0.15, 0.2) is 35.7 Å². The van der Waals surface area contributed by atoms with E-state index >= 15 is 0 Å². The summed E-state index contributed by atoms with van der Waals surface area (Å²) in [4.78, 5) is 14.3. The highest BCUT2D eigenvalue weighted by atomic mass is 32.1. The van der Waals surface area contributed by atoms with E-state index in [1.54, 1.807) is 6.07 Å². The maximum Gasteiger partial charge on any atom is 0.244 e. The number of fused-ring (bicyclic) bond motifs is 1. The molecule has 0 aliphatic carbocycles. The Morgan fingerprint density at radius 1 is 1.48 bits per heavy atom. The Bertz CT molecular complexity index is 716. The van der Waals surface area contributed by atoms with E-state index in [1.165, 1.54) is 16.9 Å². The molecule has 0 bridgehead atoms. The van der Waals surface area contributed by atoms with Gasteiger partial charge in [0.25, 0.3) is 0 Å². The van der Waals surface area contributed by atoms with Gasteiger partial charge in [-0.15, -0.1) is 11.3 Å². The molecular weight excluding hydrogens is 282 g/mol. The molecule has 2 heterocycles. The van der Waals surface area contributed by atoms with Gasteiger partial charge in [0.2, 0.25) is 5.91 Å². The second-order valence-electron chi connectivity index (χ2n) is 5.13. The zero-order chi connectivity index (χ0) is 14.8. The molecule has 1 aromatic heterocycles. The predicted octanol–water partition coefficient (Wildman–Crippen LogP) is 3.01. The summed E-state index contributed by atoms with van der Waals surface area (Å²) in [6.07, 6.45) is 0.964. The van der Waals surface area contributed by atoms with Crippen molar-refractivity contribution in [2.24, 2.45) is 0 Å². The maximum atomic E-state index is 12.2. The number of nitrogens with one attached hydrogen (secondary N) is 1. The van der Waals surface area contributed by atoms with Crippen LogP contribution in [0.2, 0.25) is 0 Å². The van der Waals surface area contributed by atoms with Crippen LogP contribution in [-0.2, 0) is 11.2 Å². The second kappa shape index (κ2) is 5.58. The molecular formula is C16H15N3OS. The Kier molecular flexibility index (Phi) is 3.63. The van der Waals surface area contributed by atoms with Gasteiger partial charge in [-0.3, -0.25) is 4.79 Å². The molecule has 0 saturated carbocycles. The Morgan fingerprint density at radius 2 is 2.29 bits per heavy atom. The number of nitrogens with zero attached hydrogens (tertiary/aromatic N) is 2. The highest BCUT2D eigenvalue weighted by Crippen LogP contribution is 2.31. The number of rotatable bonds is 3. The van der Waals surface area contributed by atoms with Crippen LogP contribution in [0, 0.1) is 11.3 Å². The van der Waals surface area contributed by atoms with E-state index in [4.69, 9.17) is 5.26 Å². The number of hydrogen-bond donors (Lipinski definition) is 1. The van der Waals surface area contributed by atoms with Crippen molar-refractivity contribution in [1.29, 1.82) is 5.26 Å². The molecule has 2 aromatic rings. The van der Waals surface area contributed by atoms with Gasteiger partial charge < -0.3 is 10.2 Å². The molecule has 1 aliphatic heterocycles. The number of para-hydroxylation sites is 1. The fourth-order valence-corrected chi connectivity index (χ4v) is 3.44. The van der Waals surface area contributed by atoms with Crippen LogP contribution < -0.4 is 10.2 Å². The van der Waals surface area contributed by atoms with Crippen molar-refractivity contribution in [3.8, 4) is 6.07 Å². The molecule has 0 unspecified atom stereocenters. The van der Waals surface area contributed by atoms with E-state index in [-0.39, 0.29) is 5.91 Å². The Hall–Kier alpha value is -2.32. The summed E-state index contributed by atoms with van der Waals surface area (Å²) in [6.45, 7) is 2.43. The average Bonchev–Trinajstić information content (AvgIpc) is 3.04. The van der Waals surface area contributed by atoms with Crippen molar-refractivity contribution in [2.75, 3.05) is 16.8 Å². The van der Waals surface area contributed by atoms with Crippen LogP contribution in [0.5, 0.6) is 0 Å². The lowest BCUT2D eigenvalue weighted by Gasteiger charge is -2.24. The van der Waals surface area contributed by atoms with Crippen molar-refractivity contribution >= 4 is 27.9 Å². The number of carbonyl (C=O) groups excluding carboxylic acids is 1. The van der Waals surface area contributed by atoms with Crippen LogP contribution >= 0.6 is 11.3 Å². The Balaban J connectivity index is 1.72. The number of benzene rings is 1. The van der Waals surface area contributed by atoms with Gasteiger partial charge in [-0.25, -0.2) is 0 Å². The van der Waals surface area contributed by atoms with Gasteiger partial charge in [-0.1, -0.05) is 18.2 Å². The first-order valence-electron chi connectivity index (χ1n) is 6.81. The van der Waals surface area contributed by atoms with E-state index in [0.717, 1.165) is 12.1 Å². The van der Waals surface area contributed by atoms with Gasteiger partial charge >= 0.3 is 0 Å². The van der Waals surface area contributed by atoms with Gasteiger partial charge in [0.15, 0.2) is 0 Å². The highest BCUT2D eigenvalue weighted by Gasteiger charge is 2.27. The van der Waals surface area contributed by atoms with E-state index in [2.05, 4.69) is 35.3 Å². The second-order valence-corrected chi connectivity index (χ2v) is 6.05. The Morgan fingerprint density at radius 3 is 3.10 bits per heavy atom. The Labute approximate surface area is 127 Å². The number of thiophene rings is 1. The standard InChI is InChI=1S/C16H15N3OS/c1-11-8-12-4-2-3-5-14(12)19(11)10-15(20)18-16-13(9-17)6-7-21-16/h2-7,11H,8,10H2,1H3,(H,18,20)/t11-/m1/s1. The van der Waals surface area contributed by atoms with Crippen LogP contribution in [0.1, 0.15) is 18.1 Å². The summed E-state index contributed by atoms with van der Waals surface area (Å²) in [7, 11) is 0. The first-order valence-corrected chi connectivity index (χ1v) is 7.69. The molecule has 0 fully saturated rings. The van der Waals surface area contributed by atoms with E-state index < -0.39 is 0 Å². The number of anilines is 2. The lowest BCUT2D eigenvalue weighted by molar-refractivity contribution is -0.115. The van der Waals surface area contributed by atoms with Crippen LogP contribution in [0.3, 0.4) is 0 Å². The fraction of sp³-hybridized carbons (Fsp3) is 0.250. The monoisotopic (exact) mass is 297 g/mol. The maximum absolute atomic E-state index is 12.2. The quantitative estimate of drug-likeness (QED) is 0.947. The van der Waals surface area contributed by atoms with E-state index in [9.17, 15) is 4.79 Å². The third kappa shape index (κ3) is 2.63. The topological polar surface area (TPSA) is 56.1 Å². The van der Waals surface area contributed by atoms with Crippen molar-refractivity contribution in [3.63, 3.8) is 0 Å². The van der Waals surface area contributed by atoms with E-state index in [0.29, 0.717) is 23.2 Å².